The van der Waals surface area contributed by atoms with Gasteiger partial charge in [-0.15, -0.1) is 0 Å². The molecular weight excluding hydrogens is 411 g/mol. The van der Waals surface area contributed by atoms with Crippen LogP contribution in [0.25, 0.3) is 0 Å². The van der Waals surface area contributed by atoms with Crippen LogP contribution in [0.15, 0.2) is 22.7 Å². The summed E-state index contributed by atoms with van der Waals surface area (Å²) >= 11 is 3.54. The predicted molar refractivity (Wildman–Crippen MR) is 108 cm³/mol. The van der Waals surface area contributed by atoms with Gasteiger partial charge in [0.2, 0.25) is 0 Å². The quantitative estimate of drug-likeness (QED) is 0.684. The van der Waals surface area contributed by atoms with Gasteiger partial charge in [-0.2, -0.15) is 0 Å². The standard InChI is InChI=1S/C21H30BrFN2O2/c22-20-6-3-18(23)14-17(20)13-16-8-11-25(12-9-16)10-7-15-1-4-19(5-2-15)27-21(24)26/h3,6,14-16,19H,1-2,4-5,7-13H2,(H2,24,26). The number of primary amides is 1. The lowest BCUT2D eigenvalue weighted by molar-refractivity contribution is 0.0669. The number of halogens is 2. The molecule has 0 radical (unpaired) electrons. The zero-order chi connectivity index (χ0) is 19.2. The van der Waals surface area contributed by atoms with Gasteiger partial charge in [0.25, 0.3) is 0 Å². The number of ether oxygens (including phenoxy) is 1. The summed E-state index contributed by atoms with van der Waals surface area (Å²) in [4.78, 5) is 13.4. The first-order valence-corrected chi connectivity index (χ1v) is 10.9. The molecule has 1 aliphatic carbocycles. The number of likely N-dealkylation sites (tertiary alicyclic amines) is 1. The van der Waals surface area contributed by atoms with E-state index in [-0.39, 0.29) is 11.9 Å². The molecule has 150 valence electrons. The van der Waals surface area contributed by atoms with E-state index in [1.807, 2.05) is 6.07 Å². The highest BCUT2D eigenvalue weighted by Gasteiger charge is 2.25. The Morgan fingerprint density at radius 1 is 1.15 bits per heavy atom. The van der Waals surface area contributed by atoms with Crippen LogP contribution in [0.3, 0.4) is 0 Å². The number of benzene rings is 1. The Morgan fingerprint density at radius 3 is 2.52 bits per heavy atom. The van der Waals surface area contributed by atoms with Gasteiger partial charge in [-0.3, -0.25) is 0 Å². The van der Waals surface area contributed by atoms with Crippen molar-refractivity contribution in [1.29, 1.82) is 0 Å². The van der Waals surface area contributed by atoms with E-state index in [0.29, 0.717) is 5.92 Å². The van der Waals surface area contributed by atoms with Crippen LogP contribution in [0.1, 0.15) is 50.5 Å². The Hall–Kier alpha value is -1.14. The lowest BCUT2D eigenvalue weighted by Crippen LogP contribution is -2.36. The third-order valence-corrected chi connectivity index (χ3v) is 6.93. The Balaban J connectivity index is 1.34. The zero-order valence-corrected chi connectivity index (χ0v) is 17.4. The number of carbonyl (C=O) groups excluding carboxylic acids is 1. The van der Waals surface area contributed by atoms with Gasteiger partial charge in [0.05, 0.1) is 0 Å². The van der Waals surface area contributed by atoms with Crippen molar-refractivity contribution in [2.75, 3.05) is 19.6 Å². The second-order valence-electron chi connectivity index (χ2n) is 8.09. The number of nitrogens with two attached hydrogens (primary N) is 1. The fourth-order valence-electron chi connectivity index (χ4n) is 4.49. The van der Waals surface area contributed by atoms with Crippen LogP contribution < -0.4 is 5.73 Å². The van der Waals surface area contributed by atoms with Crippen LogP contribution in [0.4, 0.5) is 9.18 Å². The van der Waals surface area contributed by atoms with Crippen molar-refractivity contribution in [1.82, 2.24) is 4.90 Å². The highest BCUT2D eigenvalue weighted by molar-refractivity contribution is 9.10. The van der Waals surface area contributed by atoms with Gasteiger partial charge in [0.1, 0.15) is 11.9 Å². The fourth-order valence-corrected chi connectivity index (χ4v) is 4.90. The van der Waals surface area contributed by atoms with Gasteiger partial charge in [0.15, 0.2) is 0 Å². The van der Waals surface area contributed by atoms with Gasteiger partial charge in [0, 0.05) is 4.47 Å². The van der Waals surface area contributed by atoms with Crippen LogP contribution in [0.5, 0.6) is 0 Å². The number of nitrogens with zero attached hydrogens (tertiary/aromatic N) is 1. The molecule has 0 atom stereocenters. The van der Waals surface area contributed by atoms with Gasteiger partial charge in [-0.1, -0.05) is 15.9 Å². The summed E-state index contributed by atoms with van der Waals surface area (Å²) < 4.78 is 19.6. The maximum absolute atomic E-state index is 13.5. The molecule has 1 aromatic carbocycles. The smallest absolute Gasteiger partial charge is 0.404 e. The van der Waals surface area contributed by atoms with Crippen molar-refractivity contribution in [3.63, 3.8) is 0 Å². The highest BCUT2D eigenvalue weighted by atomic mass is 79.9. The maximum Gasteiger partial charge on any atom is 0.404 e. The molecule has 1 amide bonds. The summed E-state index contributed by atoms with van der Waals surface area (Å²) in [5.74, 6) is 1.22. The molecule has 1 heterocycles. The number of piperidine rings is 1. The monoisotopic (exact) mass is 440 g/mol. The van der Waals surface area contributed by atoms with Crippen LogP contribution in [-0.2, 0) is 11.2 Å². The van der Waals surface area contributed by atoms with Crippen molar-refractivity contribution in [3.05, 3.63) is 34.1 Å². The molecule has 0 spiro atoms. The molecule has 0 bridgehead atoms. The molecule has 2 fully saturated rings. The third-order valence-electron chi connectivity index (χ3n) is 6.15. The van der Waals surface area contributed by atoms with Crippen molar-refractivity contribution in [2.24, 2.45) is 17.6 Å². The van der Waals surface area contributed by atoms with E-state index in [1.165, 1.54) is 25.3 Å². The second-order valence-corrected chi connectivity index (χ2v) is 8.95. The average molecular weight is 441 g/mol. The molecule has 1 aliphatic heterocycles. The largest absolute Gasteiger partial charge is 0.446 e. The topological polar surface area (TPSA) is 55.6 Å². The Morgan fingerprint density at radius 2 is 1.85 bits per heavy atom. The fraction of sp³-hybridized carbons (Fsp3) is 0.667. The van der Waals surface area contributed by atoms with Gasteiger partial charge < -0.3 is 15.4 Å². The molecule has 4 nitrogen and oxygen atoms in total. The molecule has 2 aliphatic rings. The lowest BCUT2D eigenvalue weighted by Gasteiger charge is -2.34. The molecule has 2 N–H and O–H groups in total. The van der Waals surface area contributed by atoms with Crippen molar-refractivity contribution < 1.29 is 13.9 Å². The summed E-state index contributed by atoms with van der Waals surface area (Å²) in [6.07, 6.45) is 8.06. The Labute approximate surface area is 169 Å². The Kier molecular flexibility index (Phi) is 7.53. The number of carbonyl (C=O) groups is 1. The number of hydrogen-bond acceptors (Lipinski definition) is 3. The lowest BCUT2D eigenvalue weighted by atomic mass is 9.84. The third kappa shape index (κ3) is 6.46. The van der Waals surface area contributed by atoms with Crippen LogP contribution in [0, 0.1) is 17.7 Å². The van der Waals surface area contributed by atoms with Crippen molar-refractivity contribution in [2.45, 2.75) is 57.5 Å². The Bertz CT molecular complexity index is 627. The molecular formula is C21H30BrFN2O2. The summed E-state index contributed by atoms with van der Waals surface area (Å²) in [6, 6.07) is 4.97. The zero-order valence-electron chi connectivity index (χ0n) is 15.8. The molecule has 3 rings (SSSR count). The first-order chi connectivity index (χ1) is 13.0. The number of amides is 1. The molecule has 6 heteroatoms. The first kappa shape index (κ1) is 20.6. The van der Waals surface area contributed by atoms with Crippen molar-refractivity contribution in [3.8, 4) is 0 Å². The molecule has 0 unspecified atom stereocenters. The van der Waals surface area contributed by atoms with E-state index in [0.717, 1.165) is 67.7 Å². The minimum atomic E-state index is -0.647. The number of rotatable bonds is 6. The van der Waals surface area contributed by atoms with Crippen LogP contribution >= 0.6 is 15.9 Å². The van der Waals surface area contributed by atoms with E-state index in [2.05, 4.69) is 20.8 Å². The first-order valence-electron chi connectivity index (χ1n) is 10.1. The van der Waals surface area contributed by atoms with E-state index >= 15 is 0 Å². The summed E-state index contributed by atoms with van der Waals surface area (Å²) in [5.41, 5.74) is 6.19. The second kappa shape index (κ2) is 9.87. The molecule has 1 saturated heterocycles. The number of hydrogen-bond donors (Lipinski definition) is 1. The van der Waals surface area contributed by atoms with E-state index < -0.39 is 6.09 Å². The summed E-state index contributed by atoms with van der Waals surface area (Å²) in [5, 5.41) is 0. The van der Waals surface area contributed by atoms with Crippen LogP contribution in [-0.4, -0.2) is 36.7 Å². The van der Waals surface area contributed by atoms with E-state index in [1.54, 1.807) is 6.07 Å². The average Bonchev–Trinajstić information content (AvgIpc) is 2.65. The SMILES string of the molecule is NC(=O)OC1CCC(CCN2CCC(Cc3cc(F)ccc3Br)CC2)CC1. The maximum atomic E-state index is 13.5. The van der Waals surface area contributed by atoms with Crippen LogP contribution in [0.2, 0.25) is 0 Å². The highest BCUT2D eigenvalue weighted by Crippen LogP contribution is 2.30. The molecule has 0 aromatic heterocycles. The predicted octanol–water partition coefficient (Wildman–Crippen LogP) is 4.89. The minimum absolute atomic E-state index is 0.0247. The minimum Gasteiger partial charge on any atom is -0.446 e. The normalized spacial score (nSPS) is 24.7. The van der Waals surface area contributed by atoms with Crippen molar-refractivity contribution >= 4 is 22.0 Å². The molecule has 1 aromatic rings. The van der Waals surface area contributed by atoms with Gasteiger partial charge in [-0.05, 0) is 107 Å². The van der Waals surface area contributed by atoms with Gasteiger partial charge >= 0.3 is 6.09 Å². The van der Waals surface area contributed by atoms with Gasteiger partial charge in [-0.25, -0.2) is 9.18 Å². The van der Waals surface area contributed by atoms with E-state index in [4.69, 9.17) is 10.5 Å². The van der Waals surface area contributed by atoms with E-state index in [9.17, 15) is 9.18 Å². The molecule has 27 heavy (non-hydrogen) atoms. The summed E-state index contributed by atoms with van der Waals surface area (Å²) in [7, 11) is 0. The molecule has 1 saturated carbocycles. The summed E-state index contributed by atoms with van der Waals surface area (Å²) in [6.45, 7) is 3.43.